The number of anilines is 1. The molecule has 5 nitrogen and oxygen atoms in total. The van der Waals surface area contributed by atoms with E-state index in [2.05, 4.69) is 21.6 Å². The predicted molar refractivity (Wildman–Crippen MR) is 98.9 cm³/mol. The van der Waals surface area contributed by atoms with Crippen molar-refractivity contribution < 1.29 is 9.59 Å². The molecule has 1 atom stereocenters. The van der Waals surface area contributed by atoms with Crippen LogP contribution in [0.3, 0.4) is 0 Å². The van der Waals surface area contributed by atoms with Crippen LogP contribution in [-0.4, -0.2) is 43.1 Å². The van der Waals surface area contributed by atoms with Crippen LogP contribution in [0.1, 0.15) is 21.3 Å². The van der Waals surface area contributed by atoms with Crippen LogP contribution in [0, 0.1) is 0 Å². The maximum Gasteiger partial charge on any atom is 0.251 e. The number of carbonyl (C=O) groups is 2. The number of thiophene rings is 1. The number of hydrogen-bond acceptors (Lipinski definition) is 5. The minimum atomic E-state index is -0.133. The van der Waals surface area contributed by atoms with Crippen molar-refractivity contribution in [1.82, 2.24) is 10.2 Å². The highest BCUT2D eigenvalue weighted by Gasteiger charge is 2.19. The van der Waals surface area contributed by atoms with Gasteiger partial charge in [0.25, 0.3) is 5.91 Å². The van der Waals surface area contributed by atoms with Crippen molar-refractivity contribution in [3.8, 4) is 0 Å². The number of amides is 2. The number of likely N-dealkylation sites (N-methyl/N-ethyl adjacent to an activating group) is 1. The molecular formula is C17H19N3O2S2. The van der Waals surface area contributed by atoms with Crippen LogP contribution in [0.25, 0.3) is 0 Å². The average Bonchev–Trinajstić information content (AvgIpc) is 3.08. The Balaban J connectivity index is 1.68. The first-order chi connectivity index (χ1) is 11.5. The Bertz CT molecular complexity index is 744. The Kier molecular flexibility index (Phi) is 5.23. The molecule has 2 amide bonds. The number of carbonyl (C=O) groups excluding carboxylic acids is 2. The molecule has 24 heavy (non-hydrogen) atoms. The fraction of sp³-hybridized carbons (Fsp3) is 0.294. The topological polar surface area (TPSA) is 61.4 Å². The van der Waals surface area contributed by atoms with Crippen molar-refractivity contribution >= 4 is 40.6 Å². The third kappa shape index (κ3) is 3.80. The van der Waals surface area contributed by atoms with Crippen LogP contribution < -0.4 is 10.6 Å². The van der Waals surface area contributed by atoms with E-state index >= 15 is 0 Å². The van der Waals surface area contributed by atoms with Crippen LogP contribution in [0.15, 0.2) is 40.6 Å². The number of rotatable bonds is 5. The number of nitrogens with zero attached hydrogens (tertiary/aromatic N) is 1. The van der Waals surface area contributed by atoms with Gasteiger partial charge in [0.2, 0.25) is 5.91 Å². The minimum Gasteiger partial charge on any atom is -0.350 e. The molecule has 0 saturated heterocycles. The van der Waals surface area contributed by atoms with Crippen LogP contribution in [0.5, 0.6) is 0 Å². The summed E-state index contributed by atoms with van der Waals surface area (Å²) in [6, 6.07) is 9.66. The molecule has 2 aromatic rings. The van der Waals surface area contributed by atoms with Gasteiger partial charge >= 0.3 is 0 Å². The molecule has 0 spiro atoms. The lowest BCUT2D eigenvalue weighted by Gasteiger charge is -2.23. The molecule has 0 fully saturated rings. The van der Waals surface area contributed by atoms with E-state index in [9.17, 15) is 9.59 Å². The lowest BCUT2D eigenvalue weighted by Crippen LogP contribution is -2.34. The molecule has 1 aliphatic heterocycles. The van der Waals surface area contributed by atoms with Crippen molar-refractivity contribution in [2.45, 2.75) is 10.9 Å². The quantitative estimate of drug-likeness (QED) is 0.860. The zero-order valence-corrected chi connectivity index (χ0v) is 15.2. The highest BCUT2D eigenvalue weighted by molar-refractivity contribution is 8.00. The molecule has 0 bridgehead atoms. The summed E-state index contributed by atoms with van der Waals surface area (Å²) in [7, 11) is 4.00. The zero-order valence-electron chi connectivity index (χ0n) is 13.5. The molecule has 3 rings (SSSR count). The smallest absolute Gasteiger partial charge is 0.251 e. The van der Waals surface area contributed by atoms with Gasteiger partial charge in [-0.25, -0.2) is 0 Å². The number of thioether (sulfide) groups is 1. The Morgan fingerprint density at radius 2 is 2.21 bits per heavy atom. The van der Waals surface area contributed by atoms with Crippen LogP contribution >= 0.6 is 23.1 Å². The van der Waals surface area contributed by atoms with E-state index in [0.717, 1.165) is 4.90 Å². The first-order valence-electron chi connectivity index (χ1n) is 7.59. The SMILES string of the molecule is CN(C)C(CNC(=O)c1ccc2c(c1)NC(=O)CS2)c1cccs1. The van der Waals surface area contributed by atoms with Crippen molar-refractivity contribution in [1.29, 1.82) is 0 Å². The number of benzene rings is 1. The van der Waals surface area contributed by atoms with Gasteiger partial charge in [0.05, 0.1) is 17.5 Å². The van der Waals surface area contributed by atoms with E-state index in [1.165, 1.54) is 16.6 Å². The van der Waals surface area contributed by atoms with Gasteiger partial charge in [0.1, 0.15) is 0 Å². The molecule has 0 aliphatic carbocycles. The Morgan fingerprint density at radius 1 is 1.38 bits per heavy atom. The van der Waals surface area contributed by atoms with Gasteiger partial charge in [0, 0.05) is 21.9 Å². The Morgan fingerprint density at radius 3 is 2.92 bits per heavy atom. The van der Waals surface area contributed by atoms with E-state index < -0.39 is 0 Å². The molecule has 1 aromatic carbocycles. The van der Waals surface area contributed by atoms with Gasteiger partial charge in [-0.2, -0.15) is 0 Å². The van der Waals surface area contributed by atoms with Gasteiger partial charge in [0.15, 0.2) is 0 Å². The molecule has 126 valence electrons. The fourth-order valence-corrected chi connectivity index (χ4v) is 4.25. The van der Waals surface area contributed by atoms with Gasteiger partial charge in [-0.05, 0) is 43.7 Å². The average molecular weight is 361 g/mol. The number of fused-ring (bicyclic) bond motifs is 1. The van der Waals surface area contributed by atoms with E-state index in [0.29, 0.717) is 23.5 Å². The van der Waals surface area contributed by atoms with Gasteiger partial charge in [-0.15, -0.1) is 23.1 Å². The predicted octanol–water partition coefficient (Wildman–Crippen LogP) is 2.83. The number of nitrogens with one attached hydrogen (secondary N) is 2. The van der Waals surface area contributed by atoms with Crippen molar-refractivity contribution in [3.63, 3.8) is 0 Å². The van der Waals surface area contributed by atoms with E-state index in [1.807, 2.05) is 31.6 Å². The number of hydrogen-bond donors (Lipinski definition) is 2. The monoisotopic (exact) mass is 361 g/mol. The minimum absolute atomic E-state index is 0.0320. The normalized spacial score (nSPS) is 14.9. The van der Waals surface area contributed by atoms with E-state index in [4.69, 9.17) is 0 Å². The second-order valence-corrected chi connectivity index (χ2v) is 7.75. The van der Waals surface area contributed by atoms with Gasteiger partial charge in [-0.1, -0.05) is 6.07 Å². The Hall–Kier alpha value is -1.83. The highest BCUT2D eigenvalue weighted by Crippen LogP contribution is 2.32. The fourth-order valence-electron chi connectivity index (χ4n) is 2.53. The molecule has 7 heteroatoms. The summed E-state index contributed by atoms with van der Waals surface area (Å²) in [5.74, 6) is 0.255. The van der Waals surface area contributed by atoms with Crippen LogP contribution in [0.2, 0.25) is 0 Å². The molecular weight excluding hydrogens is 342 g/mol. The van der Waals surface area contributed by atoms with Gasteiger partial charge < -0.3 is 15.5 Å². The van der Waals surface area contributed by atoms with E-state index in [1.54, 1.807) is 23.5 Å². The van der Waals surface area contributed by atoms with Gasteiger partial charge in [-0.3, -0.25) is 9.59 Å². The van der Waals surface area contributed by atoms with Crippen LogP contribution in [-0.2, 0) is 4.79 Å². The summed E-state index contributed by atoms with van der Waals surface area (Å²) in [6.07, 6.45) is 0. The first kappa shape index (κ1) is 17.0. The largest absolute Gasteiger partial charge is 0.350 e. The van der Waals surface area contributed by atoms with Crippen molar-refractivity contribution in [3.05, 3.63) is 46.2 Å². The highest BCUT2D eigenvalue weighted by atomic mass is 32.2. The summed E-state index contributed by atoms with van der Waals surface area (Å²) in [5.41, 5.74) is 1.27. The third-order valence-corrected chi connectivity index (χ3v) is 5.87. The maximum atomic E-state index is 12.5. The summed E-state index contributed by atoms with van der Waals surface area (Å²) >= 11 is 3.17. The summed E-state index contributed by atoms with van der Waals surface area (Å²) in [6.45, 7) is 0.532. The summed E-state index contributed by atoms with van der Waals surface area (Å²) in [5, 5.41) is 7.85. The standard InChI is InChI=1S/C17H19N3O2S2/c1-20(2)13(15-4-3-7-23-15)9-18-17(22)11-5-6-14-12(8-11)19-16(21)10-24-14/h3-8,13H,9-10H2,1-2H3,(H,18,22)(H,19,21). The lowest BCUT2D eigenvalue weighted by molar-refractivity contribution is -0.113. The Labute approximate surface area is 149 Å². The molecule has 1 aromatic heterocycles. The van der Waals surface area contributed by atoms with Crippen LogP contribution in [0.4, 0.5) is 5.69 Å². The first-order valence-corrected chi connectivity index (χ1v) is 9.46. The molecule has 2 N–H and O–H groups in total. The second-order valence-electron chi connectivity index (χ2n) is 5.75. The summed E-state index contributed by atoms with van der Waals surface area (Å²) < 4.78 is 0. The molecule has 0 radical (unpaired) electrons. The molecule has 2 heterocycles. The second kappa shape index (κ2) is 7.38. The van der Waals surface area contributed by atoms with E-state index in [-0.39, 0.29) is 17.9 Å². The van der Waals surface area contributed by atoms with Crippen molar-refractivity contribution in [2.75, 3.05) is 31.7 Å². The summed E-state index contributed by atoms with van der Waals surface area (Å²) in [4.78, 5) is 28.3. The molecule has 0 saturated carbocycles. The van der Waals surface area contributed by atoms with Crippen molar-refractivity contribution in [2.24, 2.45) is 0 Å². The molecule has 1 aliphatic rings. The third-order valence-electron chi connectivity index (χ3n) is 3.83. The molecule has 1 unspecified atom stereocenters. The lowest BCUT2D eigenvalue weighted by atomic mass is 10.1. The zero-order chi connectivity index (χ0) is 17.1. The maximum absolute atomic E-state index is 12.5.